The molecule has 0 saturated carbocycles. The van der Waals surface area contributed by atoms with Gasteiger partial charge in [-0.25, -0.2) is 31.4 Å². The summed E-state index contributed by atoms with van der Waals surface area (Å²) in [5.74, 6) is -3.38. The number of H-pyrrole nitrogens is 1. The molecule has 0 radical (unpaired) electrons. The summed E-state index contributed by atoms with van der Waals surface area (Å²) >= 11 is 0. The first kappa shape index (κ1) is 21.2. The molecule has 0 aliphatic carbocycles. The molecule has 32 heavy (non-hydrogen) atoms. The van der Waals surface area contributed by atoms with Gasteiger partial charge < -0.3 is 9.72 Å². The largest absolute Gasteiger partial charge is 0.417 e. The minimum Gasteiger partial charge on any atom is -0.408 e. The SMILES string of the molecule is O=C(Nc1c(F)ccc(NS(=O)(=O)c2cccc(F)c2)c1F)Oc1cnc2[nH]ccc2c1. The maximum atomic E-state index is 14.8. The van der Waals surface area contributed by atoms with Crippen LogP contribution in [0.25, 0.3) is 11.0 Å². The minimum absolute atomic E-state index is 0.0124. The highest BCUT2D eigenvalue weighted by Gasteiger charge is 2.22. The van der Waals surface area contributed by atoms with Gasteiger partial charge in [0.2, 0.25) is 0 Å². The summed E-state index contributed by atoms with van der Waals surface area (Å²) in [6, 6.07) is 8.75. The molecular weight excluding hydrogens is 449 g/mol. The molecule has 4 aromatic rings. The second-order valence-corrected chi connectivity index (χ2v) is 8.13. The van der Waals surface area contributed by atoms with E-state index in [1.807, 2.05) is 10.0 Å². The molecule has 2 heterocycles. The zero-order chi connectivity index (χ0) is 22.9. The zero-order valence-corrected chi connectivity index (χ0v) is 16.7. The van der Waals surface area contributed by atoms with Crippen LogP contribution in [0.1, 0.15) is 0 Å². The number of pyridine rings is 1. The van der Waals surface area contributed by atoms with E-state index in [-0.39, 0.29) is 5.75 Å². The Morgan fingerprint density at radius 2 is 1.88 bits per heavy atom. The molecule has 0 atom stereocenters. The number of aromatic nitrogens is 2. The zero-order valence-electron chi connectivity index (χ0n) is 15.9. The molecule has 4 rings (SSSR count). The Labute approximate surface area is 179 Å². The molecular formula is C20H13F3N4O4S. The van der Waals surface area contributed by atoms with Crippen LogP contribution in [-0.2, 0) is 10.0 Å². The molecule has 2 aromatic heterocycles. The number of halogens is 3. The number of carbonyl (C=O) groups excluding carboxylic acids is 1. The average Bonchev–Trinajstić information content (AvgIpc) is 3.21. The van der Waals surface area contributed by atoms with E-state index in [0.717, 1.165) is 36.4 Å². The summed E-state index contributed by atoms with van der Waals surface area (Å²) in [7, 11) is -4.39. The Bertz CT molecular complexity index is 1440. The van der Waals surface area contributed by atoms with Crippen LogP contribution in [0, 0.1) is 17.5 Å². The second-order valence-electron chi connectivity index (χ2n) is 6.45. The number of anilines is 2. The third-order valence-electron chi connectivity index (χ3n) is 4.25. The van der Waals surface area contributed by atoms with Gasteiger partial charge in [-0.3, -0.25) is 10.0 Å². The van der Waals surface area contributed by atoms with Crippen molar-refractivity contribution in [1.29, 1.82) is 0 Å². The lowest BCUT2D eigenvalue weighted by atomic mass is 10.2. The molecule has 0 unspecified atom stereocenters. The molecule has 1 amide bonds. The number of nitrogens with zero attached hydrogens (tertiary/aromatic N) is 1. The third-order valence-corrected chi connectivity index (χ3v) is 5.62. The molecule has 8 nitrogen and oxygen atoms in total. The van der Waals surface area contributed by atoms with E-state index in [0.29, 0.717) is 11.0 Å². The molecule has 3 N–H and O–H groups in total. The number of ether oxygens (including phenoxy) is 1. The first-order chi connectivity index (χ1) is 15.2. The van der Waals surface area contributed by atoms with Crippen LogP contribution in [0.3, 0.4) is 0 Å². The maximum Gasteiger partial charge on any atom is 0.417 e. The summed E-state index contributed by atoms with van der Waals surface area (Å²) in [6.45, 7) is 0. The number of aromatic amines is 1. The number of fused-ring (bicyclic) bond motifs is 1. The van der Waals surface area contributed by atoms with Crippen molar-refractivity contribution in [3.05, 3.63) is 78.4 Å². The van der Waals surface area contributed by atoms with Crippen molar-refractivity contribution in [3.63, 3.8) is 0 Å². The molecule has 0 bridgehead atoms. The number of carbonyl (C=O) groups is 1. The summed E-state index contributed by atoms with van der Waals surface area (Å²) in [5.41, 5.74) is -1.06. The lowest BCUT2D eigenvalue weighted by Crippen LogP contribution is -2.20. The second kappa shape index (κ2) is 8.23. The topological polar surface area (TPSA) is 113 Å². The summed E-state index contributed by atoms with van der Waals surface area (Å²) in [4.78, 5) is 18.5. The van der Waals surface area contributed by atoms with E-state index in [1.165, 1.54) is 12.3 Å². The quantitative estimate of drug-likeness (QED) is 0.407. The Morgan fingerprint density at radius 1 is 1.06 bits per heavy atom. The summed E-state index contributed by atoms with van der Waals surface area (Å²) in [5, 5.41) is 2.54. The molecule has 0 aliphatic heterocycles. The van der Waals surface area contributed by atoms with Crippen LogP contribution in [0.2, 0.25) is 0 Å². The first-order valence-electron chi connectivity index (χ1n) is 8.91. The molecule has 0 fully saturated rings. The van der Waals surface area contributed by atoms with Crippen LogP contribution in [0.5, 0.6) is 5.75 Å². The van der Waals surface area contributed by atoms with Crippen molar-refractivity contribution >= 4 is 38.5 Å². The molecule has 0 aliphatic rings. The van der Waals surface area contributed by atoms with Crippen LogP contribution in [0.15, 0.2) is 65.8 Å². The van der Waals surface area contributed by atoms with Crippen molar-refractivity contribution in [2.45, 2.75) is 4.90 Å². The van der Waals surface area contributed by atoms with Gasteiger partial charge in [0.25, 0.3) is 10.0 Å². The van der Waals surface area contributed by atoms with E-state index < -0.39 is 49.8 Å². The summed E-state index contributed by atoms with van der Waals surface area (Å²) in [6.07, 6.45) is 1.63. The molecule has 0 saturated heterocycles. The van der Waals surface area contributed by atoms with Crippen molar-refractivity contribution < 1.29 is 31.1 Å². The fourth-order valence-electron chi connectivity index (χ4n) is 2.79. The lowest BCUT2D eigenvalue weighted by Gasteiger charge is -2.13. The van der Waals surface area contributed by atoms with Gasteiger partial charge in [0, 0.05) is 11.6 Å². The normalized spacial score (nSPS) is 11.3. The highest BCUT2D eigenvalue weighted by Crippen LogP contribution is 2.28. The summed E-state index contributed by atoms with van der Waals surface area (Å²) < 4.78 is 74.0. The number of rotatable bonds is 5. The van der Waals surface area contributed by atoms with Crippen molar-refractivity contribution in [2.75, 3.05) is 10.0 Å². The first-order valence-corrected chi connectivity index (χ1v) is 10.4. The van der Waals surface area contributed by atoms with Crippen molar-refractivity contribution in [2.24, 2.45) is 0 Å². The number of hydrogen-bond acceptors (Lipinski definition) is 5. The average molecular weight is 462 g/mol. The van der Waals surface area contributed by atoms with Crippen molar-refractivity contribution in [1.82, 2.24) is 9.97 Å². The Morgan fingerprint density at radius 3 is 2.66 bits per heavy atom. The van der Waals surface area contributed by atoms with Crippen LogP contribution in [-0.4, -0.2) is 24.5 Å². The fraction of sp³-hybridized carbons (Fsp3) is 0. The van der Waals surface area contributed by atoms with Gasteiger partial charge in [0.05, 0.1) is 16.8 Å². The van der Waals surface area contributed by atoms with Gasteiger partial charge in [-0.05, 0) is 42.5 Å². The molecule has 0 spiro atoms. The standard InChI is InChI=1S/C20H13F3N4O4S/c21-12-2-1-3-14(9-12)32(29,30)27-16-5-4-15(22)18(17(16)23)26-20(28)31-13-8-11-6-7-24-19(11)25-10-13/h1-10,27H,(H,24,25)(H,26,28). The van der Waals surface area contributed by atoms with Crippen molar-refractivity contribution in [3.8, 4) is 5.75 Å². The number of benzene rings is 2. The van der Waals surface area contributed by atoms with Crippen LogP contribution >= 0.6 is 0 Å². The van der Waals surface area contributed by atoms with Gasteiger partial charge in [-0.15, -0.1) is 0 Å². The monoisotopic (exact) mass is 462 g/mol. The van der Waals surface area contributed by atoms with E-state index in [4.69, 9.17) is 4.74 Å². The molecule has 164 valence electrons. The van der Waals surface area contributed by atoms with Gasteiger partial charge in [0.15, 0.2) is 11.6 Å². The number of hydrogen-bond donors (Lipinski definition) is 3. The van der Waals surface area contributed by atoms with E-state index in [2.05, 4.69) is 9.97 Å². The predicted molar refractivity (Wildman–Crippen MR) is 109 cm³/mol. The Kier molecular flexibility index (Phi) is 5.45. The number of amides is 1. The van der Waals surface area contributed by atoms with E-state index in [9.17, 15) is 26.4 Å². The highest BCUT2D eigenvalue weighted by atomic mass is 32.2. The highest BCUT2D eigenvalue weighted by molar-refractivity contribution is 7.92. The van der Waals surface area contributed by atoms with Gasteiger partial charge >= 0.3 is 6.09 Å². The molecule has 12 heteroatoms. The smallest absolute Gasteiger partial charge is 0.408 e. The minimum atomic E-state index is -4.39. The van der Waals surface area contributed by atoms with Gasteiger partial charge in [-0.1, -0.05) is 6.07 Å². The van der Waals surface area contributed by atoms with E-state index in [1.54, 1.807) is 12.3 Å². The number of nitrogens with one attached hydrogen (secondary N) is 3. The van der Waals surface area contributed by atoms with Crippen LogP contribution in [0.4, 0.5) is 29.3 Å². The molecule has 2 aromatic carbocycles. The fourth-order valence-corrected chi connectivity index (χ4v) is 3.88. The Balaban J connectivity index is 1.55. The maximum absolute atomic E-state index is 14.8. The predicted octanol–water partition coefficient (Wildman–Crippen LogP) is 4.39. The number of sulfonamides is 1. The van der Waals surface area contributed by atoms with Gasteiger partial charge in [-0.2, -0.15) is 0 Å². The van der Waals surface area contributed by atoms with Gasteiger partial charge in [0.1, 0.15) is 23.0 Å². The Hall–Kier alpha value is -4.06. The third kappa shape index (κ3) is 4.34. The lowest BCUT2D eigenvalue weighted by molar-refractivity contribution is 0.215. The van der Waals surface area contributed by atoms with E-state index >= 15 is 0 Å². The van der Waals surface area contributed by atoms with Crippen LogP contribution < -0.4 is 14.8 Å².